The number of rotatable bonds is 23. The highest BCUT2D eigenvalue weighted by Gasteiger charge is 2.48. The molecule has 0 aliphatic carbocycles. The Morgan fingerprint density at radius 1 is 0.199 bits per heavy atom. The smallest absolute Gasteiger partial charge is 0.252 e. The standard InChI is InChI=1S/C78H87BN4.C59H64BN3/c1-16-17-18-19-20-55-25-38-64(39-26-55)83-71-50-66(80(62-40-27-56(28-41-62)75(4,5)6)63-42-29-57(30-43-63)76(7,8)9)46-47-68(71)79-69-49-59(78(13,14)15)33-48-70(69)82(65-44-31-58(32-45-65)77(10,11)12)72-51-67(52-73(83)74(72)79)81(60-34-21-53(2)22-35-60)61-36-23-54(3)24-37-61;1-11-12-13-14-19-43-22-27-46(28-23-43)63-54-39-50(61(48-20-15-17-40(2)34-48)49-21-16-18-41(3)35-49)31-32-51(54)60-52-38-45(59(8,9)10)26-33-53(52)62(55-36-42(4)37-56(63)57(55)60)47-29-24-44(25-30-47)58(5,6)7/h21-52H,16-20H2,1-15H3;15-18,20-39H,11-14,19H2,1-10H3. The normalized spacial score (nSPS) is 13.2. The third-order valence-corrected chi connectivity index (χ3v) is 30.8. The van der Waals surface area contributed by atoms with Crippen LogP contribution in [0.2, 0.25) is 0 Å². The van der Waals surface area contributed by atoms with Crippen LogP contribution in [0, 0.1) is 34.6 Å². The predicted octanol–water partition coefficient (Wildman–Crippen LogP) is 35.5. The van der Waals surface area contributed by atoms with Crippen molar-refractivity contribution in [3.63, 3.8) is 0 Å². The predicted molar refractivity (Wildman–Crippen MR) is 637 cm³/mol. The van der Waals surface area contributed by atoms with E-state index < -0.39 is 0 Å². The maximum atomic E-state index is 2.62. The molecule has 0 unspecified atom stereocenters. The number of nitrogens with zero attached hydrogens (tertiary/aromatic N) is 7. The summed E-state index contributed by atoms with van der Waals surface area (Å²) in [5.41, 5.74) is 49.3. The summed E-state index contributed by atoms with van der Waals surface area (Å²) in [6.45, 7) is 57.2. The fraction of sp³-hybridized carbons (Fsp3) is 0.299. The molecule has 740 valence electrons. The summed E-state index contributed by atoms with van der Waals surface area (Å²) in [4.78, 5) is 17.7. The first kappa shape index (κ1) is 101. The minimum atomic E-state index is -0.0904. The second-order valence-electron chi connectivity index (χ2n) is 48.4. The zero-order valence-electron chi connectivity index (χ0n) is 91.7. The molecule has 16 aromatic carbocycles. The third-order valence-electron chi connectivity index (χ3n) is 30.8. The van der Waals surface area contributed by atoms with Crippen LogP contribution in [0.1, 0.15) is 262 Å². The maximum absolute atomic E-state index is 2.62. The van der Waals surface area contributed by atoms with Gasteiger partial charge in [0.25, 0.3) is 13.4 Å². The van der Waals surface area contributed by atoms with Crippen LogP contribution in [0.15, 0.2) is 340 Å². The summed E-state index contributed by atoms with van der Waals surface area (Å²) in [5, 5.41) is 0. The minimum absolute atomic E-state index is 0.00214. The van der Waals surface area contributed by atoms with Crippen molar-refractivity contribution in [1.29, 1.82) is 0 Å². The number of anilines is 21. The summed E-state index contributed by atoms with van der Waals surface area (Å²) in [5.74, 6) is 0. The molecule has 0 atom stereocenters. The van der Waals surface area contributed by atoms with Crippen molar-refractivity contribution in [1.82, 2.24) is 0 Å². The number of benzene rings is 16. The lowest BCUT2D eigenvalue weighted by atomic mass is 9.33. The van der Waals surface area contributed by atoms with Gasteiger partial charge in [0.2, 0.25) is 0 Å². The van der Waals surface area contributed by atoms with Gasteiger partial charge in [-0.1, -0.05) is 346 Å². The Balaban J connectivity index is 0.000000191. The van der Waals surface area contributed by atoms with Crippen LogP contribution in [0.3, 0.4) is 0 Å². The van der Waals surface area contributed by atoms with E-state index in [2.05, 4.69) is 547 Å². The molecule has 9 heteroatoms. The van der Waals surface area contributed by atoms with Crippen molar-refractivity contribution in [2.75, 3.05) is 34.3 Å². The van der Waals surface area contributed by atoms with Gasteiger partial charge in [-0.15, -0.1) is 0 Å². The number of aryl methyl sites for hydroxylation is 7. The fourth-order valence-electron chi connectivity index (χ4n) is 22.4. The SMILES string of the molecule is CCCCCCc1ccc(N2c3cc(N(c4ccc(C(C)(C)C)cc4)c4ccc(C(C)(C)C)cc4)ccc3B3c4cc(C(C)(C)C)ccc4N(c4ccc(C(C)(C)C)cc4)c4cc(N(c5ccc(C)cc5)c5ccc(C)cc5)cc2c43)cc1.CCCCCCc1ccc(N2c3cc(N(c4cccc(C)c4)c4cccc(C)c4)ccc3B3c4cc(C(C)(C)C)ccc4N(c4ccc(C(C)(C)C)cc4)c4cc(C)cc2c43)cc1. The van der Waals surface area contributed by atoms with E-state index >= 15 is 0 Å². The Labute approximate surface area is 875 Å². The van der Waals surface area contributed by atoms with Gasteiger partial charge in [-0.2, -0.15) is 0 Å². The van der Waals surface area contributed by atoms with E-state index in [0.29, 0.717) is 0 Å². The van der Waals surface area contributed by atoms with E-state index in [1.54, 1.807) is 0 Å². The van der Waals surface area contributed by atoms with E-state index in [4.69, 9.17) is 0 Å². The Morgan fingerprint density at radius 2 is 0.466 bits per heavy atom. The number of fused-ring (bicyclic) bond motifs is 8. The van der Waals surface area contributed by atoms with E-state index in [1.807, 2.05) is 0 Å². The number of hydrogen-bond acceptors (Lipinski definition) is 7. The van der Waals surface area contributed by atoms with Crippen LogP contribution in [0.4, 0.5) is 119 Å². The first-order chi connectivity index (χ1) is 69.6. The molecule has 0 radical (unpaired) electrons. The first-order valence-corrected chi connectivity index (χ1v) is 54.0. The van der Waals surface area contributed by atoms with Gasteiger partial charge in [-0.3, -0.25) is 0 Å². The molecular weight excluding hydrogens is 1770 g/mol. The zero-order valence-corrected chi connectivity index (χ0v) is 91.7. The Bertz CT molecular complexity index is 7270. The topological polar surface area (TPSA) is 22.7 Å². The molecule has 16 aromatic rings. The van der Waals surface area contributed by atoms with Crippen molar-refractivity contribution in [3.05, 3.63) is 412 Å². The molecular formula is C137H151B2N7. The molecule has 4 aliphatic rings. The van der Waals surface area contributed by atoms with E-state index in [-0.39, 0.29) is 45.9 Å². The average Bonchev–Trinajstić information content (AvgIpc) is 0.695. The summed E-state index contributed by atoms with van der Waals surface area (Å²) >= 11 is 0. The molecule has 146 heavy (non-hydrogen) atoms. The van der Waals surface area contributed by atoms with E-state index in [0.717, 1.165) is 75.4 Å². The van der Waals surface area contributed by atoms with Crippen molar-refractivity contribution < 1.29 is 0 Å². The van der Waals surface area contributed by atoms with Gasteiger partial charge in [-0.05, 0) is 369 Å². The molecule has 0 saturated carbocycles. The van der Waals surface area contributed by atoms with Gasteiger partial charge in [0.05, 0.1) is 5.69 Å². The number of unbranched alkanes of at least 4 members (excludes halogenated alkanes) is 6. The third kappa shape index (κ3) is 20.4. The summed E-state index contributed by atoms with van der Waals surface area (Å²) in [6.07, 6.45) is 12.2. The van der Waals surface area contributed by atoms with Gasteiger partial charge in [-0.25, -0.2) is 0 Å². The van der Waals surface area contributed by atoms with Crippen LogP contribution in [-0.2, 0) is 45.3 Å². The second kappa shape index (κ2) is 40.2. The van der Waals surface area contributed by atoms with Crippen molar-refractivity contribution in [2.24, 2.45) is 0 Å². The highest BCUT2D eigenvalue weighted by Crippen LogP contribution is 2.54. The van der Waals surface area contributed by atoms with Gasteiger partial charge >= 0.3 is 0 Å². The fourth-order valence-corrected chi connectivity index (χ4v) is 22.4. The summed E-state index contributed by atoms with van der Waals surface area (Å²) < 4.78 is 0. The van der Waals surface area contributed by atoms with E-state index in [9.17, 15) is 0 Å². The van der Waals surface area contributed by atoms with Crippen molar-refractivity contribution in [3.8, 4) is 0 Å². The molecule has 0 aromatic heterocycles. The van der Waals surface area contributed by atoms with Crippen LogP contribution >= 0.6 is 0 Å². The molecule has 0 amide bonds. The van der Waals surface area contributed by atoms with Gasteiger partial charge in [0, 0.05) is 114 Å². The van der Waals surface area contributed by atoms with Crippen molar-refractivity contribution in [2.45, 2.75) is 270 Å². The summed E-state index contributed by atoms with van der Waals surface area (Å²) in [7, 11) is 0. The van der Waals surface area contributed by atoms with Gasteiger partial charge < -0.3 is 34.3 Å². The Hall–Kier alpha value is -13.8. The molecule has 0 spiro atoms. The molecule has 7 nitrogen and oxygen atoms in total. The average molecular weight is 1920 g/mol. The number of hydrogen-bond donors (Lipinski definition) is 0. The highest BCUT2D eigenvalue weighted by molar-refractivity contribution is 7.01. The molecule has 0 N–H and O–H groups in total. The lowest BCUT2D eigenvalue weighted by molar-refractivity contribution is 0.590. The van der Waals surface area contributed by atoms with E-state index in [1.165, 1.54) is 213 Å². The Morgan fingerprint density at radius 3 is 0.788 bits per heavy atom. The first-order valence-electron chi connectivity index (χ1n) is 54.0. The quantitative estimate of drug-likeness (QED) is 0.0464. The summed E-state index contributed by atoms with van der Waals surface area (Å²) in [6, 6.07) is 131. The van der Waals surface area contributed by atoms with Crippen LogP contribution in [-0.4, -0.2) is 13.4 Å². The molecule has 0 bridgehead atoms. The lowest BCUT2D eigenvalue weighted by Gasteiger charge is -2.45. The largest absolute Gasteiger partial charge is 0.311 e. The Kier molecular flexibility index (Phi) is 27.8. The molecule has 4 aliphatic heterocycles. The zero-order chi connectivity index (χ0) is 103. The maximum Gasteiger partial charge on any atom is 0.252 e. The van der Waals surface area contributed by atoms with Crippen LogP contribution in [0.25, 0.3) is 0 Å². The van der Waals surface area contributed by atoms with Crippen LogP contribution < -0.4 is 67.1 Å². The molecule has 4 heterocycles. The van der Waals surface area contributed by atoms with Crippen LogP contribution in [0.5, 0.6) is 0 Å². The lowest BCUT2D eigenvalue weighted by Crippen LogP contribution is -2.61. The monoisotopic (exact) mass is 1920 g/mol. The molecule has 20 rings (SSSR count). The molecule has 0 fully saturated rings. The minimum Gasteiger partial charge on any atom is -0.311 e. The van der Waals surface area contributed by atoms with Gasteiger partial charge in [0.15, 0.2) is 0 Å². The second-order valence-corrected chi connectivity index (χ2v) is 48.4. The molecule has 0 saturated heterocycles. The van der Waals surface area contributed by atoms with Gasteiger partial charge in [0.1, 0.15) is 0 Å². The highest BCUT2D eigenvalue weighted by atomic mass is 15.2. The van der Waals surface area contributed by atoms with Crippen molar-refractivity contribution >= 4 is 166 Å².